The van der Waals surface area contributed by atoms with Crippen molar-refractivity contribution in [3.05, 3.63) is 0 Å². The second-order valence-electron chi connectivity index (χ2n) is 3.65. The van der Waals surface area contributed by atoms with E-state index < -0.39 is 0 Å². The van der Waals surface area contributed by atoms with Crippen LogP contribution in [0, 0.1) is 0 Å². The zero-order valence-electron chi connectivity index (χ0n) is 9.76. The standard InChI is InChI=1S/C11H24N2O2/c1-15-10-6-7-11(14)13-9-5-3-2-4-8-12/h2-10,12H2,1H3,(H,13,14). The van der Waals surface area contributed by atoms with Gasteiger partial charge in [-0.2, -0.15) is 0 Å². The van der Waals surface area contributed by atoms with Crippen molar-refractivity contribution in [1.82, 2.24) is 5.32 Å². The third kappa shape index (κ3) is 11.3. The Kier molecular flexibility index (Phi) is 11.0. The first kappa shape index (κ1) is 14.4. The van der Waals surface area contributed by atoms with E-state index in [1.54, 1.807) is 7.11 Å². The Balaban J connectivity index is 3.10. The van der Waals surface area contributed by atoms with Crippen LogP contribution in [-0.2, 0) is 9.53 Å². The Morgan fingerprint density at radius 3 is 2.60 bits per heavy atom. The molecule has 4 nitrogen and oxygen atoms in total. The van der Waals surface area contributed by atoms with E-state index in [9.17, 15) is 4.79 Å². The highest BCUT2D eigenvalue weighted by Crippen LogP contribution is 1.97. The molecular formula is C11H24N2O2. The summed E-state index contributed by atoms with van der Waals surface area (Å²) >= 11 is 0. The Bertz CT molecular complexity index is 152. The summed E-state index contributed by atoms with van der Waals surface area (Å²) in [4.78, 5) is 11.2. The Morgan fingerprint density at radius 2 is 1.93 bits per heavy atom. The average Bonchev–Trinajstić information content (AvgIpc) is 2.23. The predicted molar refractivity (Wildman–Crippen MR) is 61.6 cm³/mol. The van der Waals surface area contributed by atoms with Gasteiger partial charge in [-0.3, -0.25) is 4.79 Å². The molecule has 0 aliphatic rings. The minimum Gasteiger partial charge on any atom is -0.385 e. The van der Waals surface area contributed by atoms with Gasteiger partial charge in [-0.25, -0.2) is 0 Å². The molecule has 4 heteroatoms. The van der Waals surface area contributed by atoms with Crippen LogP contribution in [-0.4, -0.2) is 32.7 Å². The number of nitrogens with one attached hydrogen (secondary N) is 1. The quantitative estimate of drug-likeness (QED) is 0.536. The van der Waals surface area contributed by atoms with E-state index in [1.807, 2.05) is 0 Å². The van der Waals surface area contributed by atoms with E-state index in [0.29, 0.717) is 13.0 Å². The fourth-order valence-electron chi connectivity index (χ4n) is 1.32. The summed E-state index contributed by atoms with van der Waals surface area (Å²) < 4.78 is 4.87. The number of unbranched alkanes of at least 4 members (excludes halogenated alkanes) is 3. The summed E-state index contributed by atoms with van der Waals surface area (Å²) in [7, 11) is 1.65. The molecule has 90 valence electrons. The summed E-state index contributed by atoms with van der Waals surface area (Å²) in [5.74, 6) is 0.130. The molecule has 15 heavy (non-hydrogen) atoms. The van der Waals surface area contributed by atoms with Crippen molar-refractivity contribution in [1.29, 1.82) is 0 Å². The van der Waals surface area contributed by atoms with Gasteiger partial charge in [-0.1, -0.05) is 12.8 Å². The molecule has 0 aromatic rings. The number of hydrogen-bond acceptors (Lipinski definition) is 3. The highest BCUT2D eigenvalue weighted by molar-refractivity contribution is 5.75. The fourth-order valence-corrected chi connectivity index (χ4v) is 1.32. The molecule has 0 heterocycles. The number of carbonyl (C=O) groups is 1. The average molecular weight is 216 g/mol. The Morgan fingerprint density at radius 1 is 1.20 bits per heavy atom. The van der Waals surface area contributed by atoms with Gasteiger partial charge in [-0.15, -0.1) is 0 Å². The van der Waals surface area contributed by atoms with E-state index in [0.717, 1.165) is 45.2 Å². The monoisotopic (exact) mass is 216 g/mol. The molecule has 0 aliphatic carbocycles. The van der Waals surface area contributed by atoms with Crippen molar-refractivity contribution in [2.45, 2.75) is 38.5 Å². The van der Waals surface area contributed by atoms with Crippen molar-refractivity contribution < 1.29 is 9.53 Å². The summed E-state index contributed by atoms with van der Waals surface area (Å²) in [5, 5.41) is 2.89. The number of hydrogen-bond donors (Lipinski definition) is 2. The maximum atomic E-state index is 11.2. The van der Waals surface area contributed by atoms with Gasteiger partial charge in [-0.05, 0) is 25.8 Å². The minimum atomic E-state index is 0.130. The lowest BCUT2D eigenvalue weighted by atomic mass is 10.2. The smallest absolute Gasteiger partial charge is 0.220 e. The largest absolute Gasteiger partial charge is 0.385 e. The van der Waals surface area contributed by atoms with Crippen LogP contribution in [0.15, 0.2) is 0 Å². The maximum Gasteiger partial charge on any atom is 0.220 e. The van der Waals surface area contributed by atoms with E-state index in [1.165, 1.54) is 0 Å². The lowest BCUT2D eigenvalue weighted by molar-refractivity contribution is -0.121. The molecule has 1 amide bonds. The highest BCUT2D eigenvalue weighted by atomic mass is 16.5. The summed E-state index contributed by atoms with van der Waals surface area (Å²) in [5.41, 5.74) is 5.38. The highest BCUT2D eigenvalue weighted by Gasteiger charge is 1.99. The van der Waals surface area contributed by atoms with Crippen LogP contribution in [0.2, 0.25) is 0 Å². The molecule has 0 aliphatic heterocycles. The van der Waals surface area contributed by atoms with Gasteiger partial charge in [0.05, 0.1) is 0 Å². The normalized spacial score (nSPS) is 10.3. The first-order valence-electron chi connectivity index (χ1n) is 5.77. The molecule has 0 radical (unpaired) electrons. The topological polar surface area (TPSA) is 64.3 Å². The molecule has 0 spiro atoms. The number of ether oxygens (including phenoxy) is 1. The fraction of sp³-hybridized carbons (Fsp3) is 0.909. The van der Waals surface area contributed by atoms with Crippen LogP contribution in [0.4, 0.5) is 0 Å². The van der Waals surface area contributed by atoms with Gasteiger partial charge in [0.15, 0.2) is 0 Å². The third-order valence-corrected chi connectivity index (χ3v) is 2.21. The van der Waals surface area contributed by atoms with Gasteiger partial charge >= 0.3 is 0 Å². The van der Waals surface area contributed by atoms with Gasteiger partial charge in [0.25, 0.3) is 0 Å². The Hall–Kier alpha value is -0.610. The number of carbonyl (C=O) groups excluding carboxylic acids is 1. The van der Waals surface area contributed by atoms with Crippen LogP contribution < -0.4 is 11.1 Å². The third-order valence-electron chi connectivity index (χ3n) is 2.21. The van der Waals surface area contributed by atoms with Gasteiger partial charge in [0.1, 0.15) is 0 Å². The number of methoxy groups -OCH3 is 1. The maximum absolute atomic E-state index is 11.2. The van der Waals surface area contributed by atoms with Gasteiger partial charge < -0.3 is 15.8 Å². The minimum absolute atomic E-state index is 0.130. The molecule has 0 aromatic carbocycles. The van der Waals surface area contributed by atoms with Crippen molar-refractivity contribution in [3.63, 3.8) is 0 Å². The molecule has 0 rings (SSSR count). The predicted octanol–water partition coefficient (Wildman–Crippen LogP) is 1.05. The van der Waals surface area contributed by atoms with Crippen molar-refractivity contribution in [2.75, 3.05) is 26.8 Å². The van der Waals surface area contributed by atoms with Gasteiger partial charge in [0.2, 0.25) is 5.91 Å². The van der Waals surface area contributed by atoms with Crippen LogP contribution in [0.3, 0.4) is 0 Å². The summed E-state index contributed by atoms with van der Waals surface area (Å²) in [6.07, 6.45) is 5.82. The molecule has 0 aromatic heterocycles. The molecule has 0 unspecified atom stereocenters. The molecule has 0 fully saturated rings. The molecule has 3 N–H and O–H groups in total. The van der Waals surface area contributed by atoms with Crippen LogP contribution >= 0.6 is 0 Å². The lowest BCUT2D eigenvalue weighted by Crippen LogP contribution is -2.24. The van der Waals surface area contributed by atoms with Crippen molar-refractivity contribution >= 4 is 5.91 Å². The molecule has 0 saturated heterocycles. The van der Waals surface area contributed by atoms with Crippen molar-refractivity contribution in [3.8, 4) is 0 Å². The number of amides is 1. The van der Waals surface area contributed by atoms with Crippen LogP contribution in [0.1, 0.15) is 38.5 Å². The molecule has 0 atom stereocenters. The van der Waals surface area contributed by atoms with E-state index in [-0.39, 0.29) is 5.91 Å². The number of nitrogens with two attached hydrogens (primary N) is 1. The second kappa shape index (κ2) is 11.5. The Labute approximate surface area is 92.6 Å². The van der Waals surface area contributed by atoms with Crippen LogP contribution in [0.25, 0.3) is 0 Å². The van der Waals surface area contributed by atoms with Crippen molar-refractivity contribution in [2.24, 2.45) is 5.73 Å². The lowest BCUT2D eigenvalue weighted by Gasteiger charge is -2.04. The molecular weight excluding hydrogens is 192 g/mol. The summed E-state index contributed by atoms with van der Waals surface area (Å²) in [6.45, 7) is 2.21. The first-order valence-corrected chi connectivity index (χ1v) is 5.77. The molecule has 0 bridgehead atoms. The van der Waals surface area contributed by atoms with E-state index in [4.69, 9.17) is 10.5 Å². The zero-order chi connectivity index (χ0) is 11.4. The first-order chi connectivity index (χ1) is 7.31. The van der Waals surface area contributed by atoms with Gasteiger partial charge in [0, 0.05) is 26.7 Å². The van der Waals surface area contributed by atoms with E-state index in [2.05, 4.69) is 5.32 Å². The van der Waals surface area contributed by atoms with E-state index >= 15 is 0 Å². The molecule has 0 saturated carbocycles. The second-order valence-corrected chi connectivity index (χ2v) is 3.65. The summed E-state index contributed by atoms with van der Waals surface area (Å²) in [6, 6.07) is 0. The zero-order valence-corrected chi connectivity index (χ0v) is 9.76. The van der Waals surface area contributed by atoms with Crippen LogP contribution in [0.5, 0.6) is 0 Å². The number of rotatable bonds is 10. The SMILES string of the molecule is COCCCC(=O)NCCCCCCN.